The number of aromatic hydroxyl groups is 1. The third kappa shape index (κ3) is 3.87. The number of nitrogens with one attached hydrogen (secondary N) is 1. The summed E-state index contributed by atoms with van der Waals surface area (Å²) in [7, 11) is 1.58. The van der Waals surface area contributed by atoms with E-state index >= 15 is 0 Å². The van der Waals surface area contributed by atoms with Crippen LogP contribution in [0.4, 0.5) is 0 Å². The number of benzene rings is 1. The van der Waals surface area contributed by atoms with Crippen molar-refractivity contribution in [2.75, 3.05) is 33.3 Å². The maximum atomic E-state index is 10.0. The van der Waals surface area contributed by atoms with E-state index in [1.165, 1.54) is 25.9 Å². The minimum Gasteiger partial charge on any atom is -0.504 e. The summed E-state index contributed by atoms with van der Waals surface area (Å²) in [4.78, 5) is 2.50. The number of hydrogen-bond donors (Lipinski definition) is 2. The van der Waals surface area contributed by atoms with Gasteiger partial charge >= 0.3 is 0 Å². The number of rotatable bonds is 6. The quantitative estimate of drug-likeness (QED) is 0.837. The Morgan fingerprint density at radius 3 is 2.75 bits per heavy atom. The van der Waals surface area contributed by atoms with Gasteiger partial charge < -0.3 is 20.1 Å². The Morgan fingerprint density at radius 1 is 1.35 bits per heavy atom. The van der Waals surface area contributed by atoms with Gasteiger partial charge in [-0.25, -0.2) is 0 Å². The number of likely N-dealkylation sites (tertiary alicyclic amines) is 1. The Morgan fingerprint density at radius 2 is 2.10 bits per heavy atom. The standard InChI is InChI=1S/C16H26N2O2/c1-3-18-9-7-13(8-10-18)11-17-12-14-5-4-6-15(20-2)16(14)19/h4-6,13,17,19H,3,7-12H2,1-2H3. The van der Waals surface area contributed by atoms with Crippen molar-refractivity contribution in [3.63, 3.8) is 0 Å². The van der Waals surface area contributed by atoms with Crippen LogP contribution in [0.1, 0.15) is 25.3 Å². The lowest BCUT2D eigenvalue weighted by atomic mass is 9.97. The van der Waals surface area contributed by atoms with E-state index in [0.29, 0.717) is 12.3 Å². The van der Waals surface area contributed by atoms with E-state index in [-0.39, 0.29) is 5.75 Å². The van der Waals surface area contributed by atoms with Gasteiger partial charge in [-0.05, 0) is 51.0 Å². The number of ether oxygens (including phenoxy) is 1. The minimum absolute atomic E-state index is 0.253. The Balaban J connectivity index is 1.76. The molecule has 0 bridgehead atoms. The third-order valence-corrected chi connectivity index (χ3v) is 4.21. The second-order valence-electron chi connectivity index (χ2n) is 5.48. The molecule has 0 unspecified atom stereocenters. The summed E-state index contributed by atoms with van der Waals surface area (Å²) in [5.41, 5.74) is 0.898. The molecule has 2 rings (SSSR count). The summed E-state index contributed by atoms with van der Waals surface area (Å²) < 4.78 is 5.12. The highest BCUT2D eigenvalue weighted by Gasteiger charge is 2.17. The average Bonchev–Trinajstić information content (AvgIpc) is 2.49. The van der Waals surface area contributed by atoms with Crippen molar-refractivity contribution in [3.8, 4) is 11.5 Å². The molecule has 1 heterocycles. The summed E-state index contributed by atoms with van der Waals surface area (Å²) in [6.07, 6.45) is 2.54. The van der Waals surface area contributed by atoms with E-state index in [0.717, 1.165) is 24.6 Å². The first-order valence-corrected chi connectivity index (χ1v) is 7.52. The van der Waals surface area contributed by atoms with Crippen LogP contribution in [0.5, 0.6) is 11.5 Å². The molecule has 1 fully saturated rings. The molecule has 0 amide bonds. The molecule has 2 N–H and O–H groups in total. The van der Waals surface area contributed by atoms with Gasteiger partial charge in [-0.1, -0.05) is 19.1 Å². The number of nitrogens with zero attached hydrogens (tertiary/aromatic N) is 1. The molecule has 1 aliphatic rings. The molecule has 0 spiro atoms. The van der Waals surface area contributed by atoms with Crippen molar-refractivity contribution in [2.24, 2.45) is 5.92 Å². The number of hydrogen-bond acceptors (Lipinski definition) is 4. The van der Waals surface area contributed by atoms with Gasteiger partial charge in [-0.2, -0.15) is 0 Å². The fourth-order valence-corrected chi connectivity index (χ4v) is 2.79. The summed E-state index contributed by atoms with van der Waals surface area (Å²) in [5, 5.41) is 13.5. The third-order valence-electron chi connectivity index (χ3n) is 4.21. The number of phenols is 1. The maximum absolute atomic E-state index is 10.0. The lowest BCUT2D eigenvalue weighted by Crippen LogP contribution is -2.36. The highest BCUT2D eigenvalue weighted by molar-refractivity contribution is 5.45. The Bertz CT molecular complexity index is 415. The molecule has 1 aliphatic heterocycles. The highest BCUT2D eigenvalue weighted by atomic mass is 16.5. The number of methoxy groups -OCH3 is 1. The molecule has 1 aromatic rings. The lowest BCUT2D eigenvalue weighted by molar-refractivity contribution is 0.190. The van der Waals surface area contributed by atoms with Crippen molar-refractivity contribution in [1.82, 2.24) is 10.2 Å². The van der Waals surface area contributed by atoms with E-state index in [4.69, 9.17) is 4.74 Å². The molecule has 0 saturated carbocycles. The van der Waals surface area contributed by atoms with E-state index in [1.54, 1.807) is 13.2 Å². The molecular formula is C16H26N2O2. The SMILES string of the molecule is CCN1CCC(CNCc2cccc(OC)c2O)CC1. The second kappa shape index (κ2) is 7.50. The maximum Gasteiger partial charge on any atom is 0.162 e. The highest BCUT2D eigenvalue weighted by Crippen LogP contribution is 2.29. The van der Waals surface area contributed by atoms with Crippen molar-refractivity contribution >= 4 is 0 Å². The monoisotopic (exact) mass is 278 g/mol. The molecule has 1 aromatic carbocycles. The Kier molecular flexibility index (Phi) is 5.68. The fourth-order valence-electron chi connectivity index (χ4n) is 2.79. The molecular weight excluding hydrogens is 252 g/mol. The summed E-state index contributed by atoms with van der Waals surface area (Å²) >= 11 is 0. The van der Waals surface area contributed by atoms with Gasteiger partial charge in [0, 0.05) is 12.1 Å². The second-order valence-corrected chi connectivity index (χ2v) is 5.48. The van der Waals surface area contributed by atoms with Crippen LogP contribution in [0.2, 0.25) is 0 Å². The van der Waals surface area contributed by atoms with Crippen LogP contribution in [0.15, 0.2) is 18.2 Å². The number of piperidine rings is 1. The zero-order valence-corrected chi connectivity index (χ0v) is 12.6. The number of para-hydroxylation sites is 1. The molecule has 1 saturated heterocycles. The van der Waals surface area contributed by atoms with Gasteiger partial charge in [0.1, 0.15) is 0 Å². The van der Waals surface area contributed by atoms with E-state index in [9.17, 15) is 5.11 Å². The summed E-state index contributed by atoms with van der Waals surface area (Å²) in [6, 6.07) is 5.62. The normalized spacial score (nSPS) is 17.3. The average molecular weight is 278 g/mol. The summed E-state index contributed by atoms with van der Waals surface area (Å²) in [5.74, 6) is 1.55. The van der Waals surface area contributed by atoms with Gasteiger partial charge in [-0.3, -0.25) is 0 Å². The molecule has 0 atom stereocenters. The van der Waals surface area contributed by atoms with E-state index in [1.807, 2.05) is 12.1 Å². The van der Waals surface area contributed by atoms with Gasteiger partial charge in [0.2, 0.25) is 0 Å². The van der Waals surface area contributed by atoms with Crippen LogP contribution in [0, 0.1) is 5.92 Å². The van der Waals surface area contributed by atoms with E-state index < -0.39 is 0 Å². The topological polar surface area (TPSA) is 44.7 Å². The largest absolute Gasteiger partial charge is 0.504 e. The Hall–Kier alpha value is -1.26. The molecule has 0 radical (unpaired) electrons. The zero-order valence-electron chi connectivity index (χ0n) is 12.6. The number of phenolic OH excluding ortho intramolecular Hbond substituents is 1. The minimum atomic E-state index is 0.253. The zero-order chi connectivity index (χ0) is 14.4. The van der Waals surface area contributed by atoms with Gasteiger partial charge in [0.25, 0.3) is 0 Å². The smallest absolute Gasteiger partial charge is 0.162 e. The molecule has 4 nitrogen and oxygen atoms in total. The van der Waals surface area contributed by atoms with Crippen molar-refractivity contribution in [3.05, 3.63) is 23.8 Å². The first-order chi connectivity index (χ1) is 9.74. The molecule has 0 aromatic heterocycles. The van der Waals surface area contributed by atoms with E-state index in [2.05, 4.69) is 17.1 Å². The van der Waals surface area contributed by atoms with Crippen LogP contribution < -0.4 is 10.1 Å². The summed E-state index contributed by atoms with van der Waals surface area (Å²) in [6.45, 7) is 7.54. The van der Waals surface area contributed by atoms with Gasteiger partial charge in [-0.15, -0.1) is 0 Å². The molecule has 0 aliphatic carbocycles. The van der Waals surface area contributed by atoms with Crippen molar-refractivity contribution < 1.29 is 9.84 Å². The van der Waals surface area contributed by atoms with Crippen LogP contribution in [-0.2, 0) is 6.54 Å². The fraction of sp³-hybridized carbons (Fsp3) is 0.625. The van der Waals surface area contributed by atoms with Crippen molar-refractivity contribution in [1.29, 1.82) is 0 Å². The van der Waals surface area contributed by atoms with Crippen LogP contribution >= 0.6 is 0 Å². The van der Waals surface area contributed by atoms with Crippen LogP contribution in [-0.4, -0.2) is 43.3 Å². The molecule has 20 heavy (non-hydrogen) atoms. The van der Waals surface area contributed by atoms with Crippen LogP contribution in [0.3, 0.4) is 0 Å². The predicted molar refractivity (Wildman–Crippen MR) is 81.2 cm³/mol. The van der Waals surface area contributed by atoms with Crippen LogP contribution in [0.25, 0.3) is 0 Å². The molecule has 4 heteroatoms. The predicted octanol–water partition coefficient (Wildman–Crippen LogP) is 2.22. The Labute approximate surface area is 121 Å². The first-order valence-electron chi connectivity index (χ1n) is 7.52. The first kappa shape index (κ1) is 15.1. The van der Waals surface area contributed by atoms with Crippen molar-refractivity contribution in [2.45, 2.75) is 26.3 Å². The lowest BCUT2D eigenvalue weighted by Gasteiger charge is -2.31. The van der Waals surface area contributed by atoms with Gasteiger partial charge in [0.15, 0.2) is 11.5 Å². The van der Waals surface area contributed by atoms with Gasteiger partial charge in [0.05, 0.1) is 7.11 Å². The molecule has 112 valence electrons.